The van der Waals surface area contributed by atoms with E-state index in [-0.39, 0.29) is 23.9 Å². The van der Waals surface area contributed by atoms with Crippen LogP contribution in [0.15, 0.2) is 12.3 Å². The highest BCUT2D eigenvalue weighted by atomic mass is 35.5. The highest BCUT2D eigenvalue weighted by Crippen LogP contribution is 2.61. The standard InChI is InChI=1S/C16H22F3NO.ClH/c1-10(20-3-2-14(21)16(17,18)19)15-7-11-4-12(8-15)6-13(5-11)9-15;/h2-3,10-13,20H,4-9H2,1H3;1H/b3-2+;. The smallest absolute Gasteiger partial charge is 0.388 e. The normalized spacial score (nSPS) is 37.9. The van der Waals surface area contributed by atoms with Crippen LogP contribution in [0.1, 0.15) is 45.4 Å². The summed E-state index contributed by atoms with van der Waals surface area (Å²) in [6, 6.07) is 0.128. The van der Waals surface area contributed by atoms with Gasteiger partial charge in [-0.15, -0.1) is 12.4 Å². The van der Waals surface area contributed by atoms with Crippen molar-refractivity contribution in [1.29, 1.82) is 0 Å². The molecule has 6 heteroatoms. The highest BCUT2D eigenvalue weighted by Gasteiger charge is 2.53. The van der Waals surface area contributed by atoms with Gasteiger partial charge in [0.15, 0.2) is 0 Å². The van der Waals surface area contributed by atoms with Crippen LogP contribution in [0.25, 0.3) is 0 Å². The van der Waals surface area contributed by atoms with E-state index in [0.29, 0.717) is 6.08 Å². The summed E-state index contributed by atoms with van der Waals surface area (Å²) in [7, 11) is 0. The Morgan fingerprint density at radius 2 is 1.59 bits per heavy atom. The lowest BCUT2D eigenvalue weighted by molar-refractivity contribution is -0.165. The minimum absolute atomic E-state index is 0. The van der Waals surface area contributed by atoms with Gasteiger partial charge in [-0.25, -0.2) is 0 Å². The molecule has 0 aliphatic heterocycles. The second kappa shape index (κ2) is 6.06. The fraction of sp³-hybridized carbons (Fsp3) is 0.812. The van der Waals surface area contributed by atoms with Gasteiger partial charge in [-0.3, -0.25) is 4.79 Å². The zero-order chi connectivity index (χ0) is 15.3. The van der Waals surface area contributed by atoms with Crippen molar-refractivity contribution >= 4 is 18.2 Å². The fourth-order valence-electron chi connectivity index (χ4n) is 5.25. The van der Waals surface area contributed by atoms with E-state index in [9.17, 15) is 18.0 Å². The average molecular weight is 338 g/mol. The molecular weight excluding hydrogens is 315 g/mol. The van der Waals surface area contributed by atoms with Crippen LogP contribution in [0.4, 0.5) is 13.2 Å². The quantitative estimate of drug-likeness (QED) is 0.777. The van der Waals surface area contributed by atoms with Crippen molar-refractivity contribution in [3.05, 3.63) is 12.3 Å². The Balaban J connectivity index is 0.00000176. The summed E-state index contributed by atoms with van der Waals surface area (Å²) < 4.78 is 36.5. The molecule has 4 fully saturated rings. The van der Waals surface area contributed by atoms with E-state index in [4.69, 9.17) is 0 Å². The summed E-state index contributed by atoms with van der Waals surface area (Å²) in [6.07, 6.45) is 4.62. The lowest BCUT2D eigenvalue weighted by Gasteiger charge is -2.59. The summed E-state index contributed by atoms with van der Waals surface area (Å²) in [5.41, 5.74) is 0.223. The first-order valence-electron chi connectivity index (χ1n) is 7.82. The third-order valence-corrected chi connectivity index (χ3v) is 5.86. The highest BCUT2D eigenvalue weighted by molar-refractivity contribution is 5.94. The predicted molar refractivity (Wildman–Crippen MR) is 80.7 cm³/mol. The second-order valence-electron chi connectivity index (χ2n) is 7.36. The first-order chi connectivity index (χ1) is 9.78. The van der Waals surface area contributed by atoms with Crippen LogP contribution in [-0.4, -0.2) is 18.0 Å². The van der Waals surface area contributed by atoms with Gasteiger partial charge in [0.25, 0.3) is 5.78 Å². The first-order valence-corrected chi connectivity index (χ1v) is 7.82. The molecule has 1 N–H and O–H groups in total. The Morgan fingerprint density at radius 3 is 2.00 bits per heavy atom. The number of hydrogen-bond acceptors (Lipinski definition) is 2. The lowest BCUT2D eigenvalue weighted by Crippen LogP contribution is -2.54. The molecule has 0 amide bonds. The number of nitrogens with one attached hydrogen (secondary N) is 1. The van der Waals surface area contributed by atoms with Gasteiger partial charge in [0.1, 0.15) is 0 Å². The van der Waals surface area contributed by atoms with Gasteiger partial charge in [0, 0.05) is 18.3 Å². The van der Waals surface area contributed by atoms with Crippen molar-refractivity contribution in [2.75, 3.05) is 0 Å². The fourth-order valence-corrected chi connectivity index (χ4v) is 5.25. The molecule has 0 radical (unpaired) electrons. The number of rotatable bonds is 4. The van der Waals surface area contributed by atoms with Gasteiger partial charge in [-0.05, 0) is 68.6 Å². The van der Waals surface area contributed by atoms with E-state index >= 15 is 0 Å². The summed E-state index contributed by atoms with van der Waals surface area (Å²) in [4.78, 5) is 10.8. The predicted octanol–water partition coefficient (Wildman–Crippen LogP) is 4.25. The number of hydrogen-bond donors (Lipinski definition) is 1. The summed E-state index contributed by atoms with van der Waals surface area (Å²) in [5.74, 6) is 0.622. The van der Waals surface area contributed by atoms with E-state index in [2.05, 4.69) is 12.2 Å². The number of carbonyl (C=O) groups is 1. The zero-order valence-corrected chi connectivity index (χ0v) is 13.5. The maximum Gasteiger partial charge on any atom is 0.454 e. The molecule has 4 bridgehead atoms. The van der Waals surface area contributed by atoms with Gasteiger partial charge >= 0.3 is 6.18 Å². The van der Waals surface area contributed by atoms with Gasteiger partial charge in [-0.2, -0.15) is 13.2 Å². The molecule has 0 aromatic heterocycles. The molecule has 2 nitrogen and oxygen atoms in total. The summed E-state index contributed by atoms with van der Waals surface area (Å²) in [6.45, 7) is 2.05. The van der Waals surface area contributed by atoms with Crippen LogP contribution in [-0.2, 0) is 4.79 Å². The molecule has 1 unspecified atom stereocenters. The molecule has 4 aliphatic rings. The minimum Gasteiger partial charge on any atom is -0.388 e. The average Bonchev–Trinajstić information content (AvgIpc) is 2.35. The number of carbonyl (C=O) groups excluding carboxylic acids is 1. The van der Waals surface area contributed by atoms with Crippen LogP contribution in [0, 0.1) is 23.2 Å². The van der Waals surface area contributed by atoms with Crippen molar-refractivity contribution in [3.63, 3.8) is 0 Å². The molecule has 0 aromatic carbocycles. The zero-order valence-electron chi connectivity index (χ0n) is 12.7. The summed E-state index contributed by atoms with van der Waals surface area (Å²) in [5, 5.41) is 3.04. The van der Waals surface area contributed by atoms with Gasteiger partial charge in [-0.1, -0.05) is 0 Å². The third kappa shape index (κ3) is 3.29. The van der Waals surface area contributed by atoms with E-state index in [1.165, 1.54) is 44.7 Å². The molecule has 0 aromatic rings. The molecule has 22 heavy (non-hydrogen) atoms. The molecule has 0 spiro atoms. The Hall–Kier alpha value is -0.710. The number of halogens is 4. The summed E-state index contributed by atoms with van der Waals surface area (Å²) >= 11 is 0. The van der Waals surface area contributed by atoms with Crippen molar-refractivity contribution in [3.8, 4) is 0 Å². The van der Waals surface area contributed by atoms with Gasteiger partial charge in [0.05, 0.1) is 0 Å². The minimum atomic E-state index is -4.78. The molecule has 4 aliphatic carbocycles. The van der Waals surface area contributed by atoms with Crippen LogP contribution in [0.2, 0.25) is 0 Å². The maximum absolute atomic E-state index is 12.2. The second-order valence-corrected chi connectivity index (χ2v) is 7.36. The van der Waals surface area contributed by atoms with E-state index in [0.717, 1.165) is 17.8 Å². The molecule has 126 valence electrons. The van der Waals surface area contributed by atoms with Crippen LogP contribution in [0.5, 0.6) is 0 Å². The Labute approximate surface area is 135 Å². The topological polar surface area (TPSA) is 29.1 Å². The van der Waals surface area contributed by atoms with Gasteiger partial charge in [0.2, 0.25) is 0 Å². The number of alkyl halides is 3. The Bertz CT molecular complexity index is 426. The van der Waals surface area contributed by atoms with E-state index in [1.807, 2.05) is 0 Å². The third-order valence-electron chi connectivity index (χ3n) is 5.86. The van der Waals surface area contributed by atoms with Crippen molar-refractivity contribution in [2.24, 2.45) is 23.2 Å². The van der Waals surface area contributed by atoms with E-state index in [1.54, 1.807) is 0 Å². The number of allylic oxidation sites excluding steroid dienone is 1. The number of ketones is 1. The monoisotopic (exact) mass is 337 g/mol. The van der Waals surface area contributed by atoms with Crippen molar-refractivity contribution in [1.82, 2.24) is 5.32 Å². The maximum atomic E-state index is 12.2. The first kappa shape index (κ1) is 17.6. The van der Waals surface area contributed by atoms with Crippen molar-refractivity contribution < 1.29 is 18.0 Å². The SMILES string of the molecule is CC(N/C=C/C(=O)C(F)(F)F)C12CC3CC(CC(C3)C1)C2.Cl. The van der Waals surface area contributed by atoms with E-state index < -0.39 is 12.0 Å². The Kier molecular flexibility index (Phi) is 4.86. The molecule has 4 saturated carbocycles. The molecule has 4 rings (SSSR count). The van der Waals surface area contributed by atoms with Crippen LogP contribution >= 0.6 is 12.4 Å². The Morgan fingerprint density at radius 1 is 1.14 bits per heavy atom. The molecular formula is C16H23ClF3NO. The largest absolute Gasteiger partial charge is 0.454 e. The van der Waals surface area contributed by atoms with Gasteiger partial charge < -0.3 is 5.32 Å². The van der Waals surface area contributed by atoms with Crippen molar-refractivity contribution in [2.45, 2.75) is 57.7 Å². The van der Waals surface area contributed by atoms with Crippen LogP contribution in [0.3, 0.4) is 0 Å². The molecule has 1 atom stereocenters. The molecule has 0 heterocycles. The molecule has 0 saturated heterocycles. The van der Waals surface area contributed by atoms with Crippen LogP contribution < -0.4 is 5.32 Å². The lowest BCUT2D eigenvalue weighted by atomic mass is 9.48.